The van der Waals surface area contributed by atoms with Crippen LogP contribution in [0, 0.1) is 0 Å². The quantitative estimate of drug-likeness (QED) is 0.835. The Morgan fingerprint density at radius 1 is 1.39 bits per heavy atom. The molecule has 0 aliphatic heterocycles. The SMILES string of the molecule is CCOc1nc(NCc2ccn(C)n2)ccc1N. The van der Waals surface area contributed by atoms with Gasteiger partial charge in [-0.15, -0.1) is 0 Å². The van der Waals surface area contributed by atoms with Crippen LogP contribution in [0.1, 0.15) is 12.6 Å². The highest BCUT2D eigenvalue weighted by molar-refractivity contribution is 5.53. The molecule has 2 heterocycles. The van der Waals surface area contributed by atoms with Gasteiger partial charge in [0.2, 0.25) is 5.88 Å². The maximum atomic E-state index is 5.76. The molecule has 0 bridgehead atoms. The zero-order valence-corrected chi connectivity index (χ0v) is 10.6. The van der Waals surface area contributed by atoms with Gasteiger partial charge in [-0.1, -0.05) is 0 Å². The number of hydrogen-bond acceptors (Lipinski definition) is 5. The van der Waals surface area contributed by atoms with Gasteiger partial charge in [0.15, 0.2) is 0 Å². The minimum absolute atomic E-state index is 0.462. The molecule has 0 saturated carbocycles. The van der Waals surface area contributed by atoms with Crippen LogP contribution in [0.25, 0.3) is 0 Å². The molecule has 0 amide bonds. The molecular formula is C12H17N5O. The van der Waals surface area contributed by atoms with Crippen molar-refractivity contribution in [3.63, 3.8) is 0 Å². The van der Waals surface area contributed by atoms with Gasteiger partial charge in [0.1, 0.15) is 5.82 Å². The molecule has 96 valence electrons. The number of aryl methyl sites for hydroxylation is 1. The lowest BCUT2D eigenvalue weighted by Crippen LogP contribution is -2.05. The van der Waals surface area contributed by atoms with Gasteiger partial charge >= 0.3 is 0 Å². The van der Waals surface area contributed by atoms with Gasteiger partial charge in [0, 0.05) is 13.2 Å². The first-order chi connectivity index (χ1) is 8.69. The maximum absolute atomic E-state index is 5.76. The third-order valence-corrected chi connectivity index (χ3v) is 2.39. The molecule has 3 N–H and O–H groups in total. The molecule has 2 aromatic heterocycles. The fourth-order valence-corrected chi connectivity index (χ4v) is 1.54. The molecule has 2 rings (SSSR count). The standard InChI is InChI=1S/C12H17N5O/c1-3-18-12-10(13)4-5-11(15-12)14-8-9-6-7-17(2)16-9/h4-7H,3,8,13H2,1-2H3,(H,14,15). The summed E-state index contributed by atoms with van der Waals surface area (Å²) in [6.07, 6.45) is 1.90. The molecule has 18 heavy (non-hydrogen) atoms. The smallest absolute Gasteiger partial charge is 0.239 e. The predicted octanol–water partition coefficient (Wildman–Crippen LogP) is 1.41. The zero-order valence-electron chi connectivity index (χ0n) is 10.6. The highest BCUT2D eigenvalue weighted by Crippen LogP contribution is 2.20. The first-order valence-corrected chi connectivity index (χ1v) is 5.80. The van der Waals surface area contributed by atoms with Gasteiger partial charge in [0.25, 0.3) is 0 Å². The molecule has 6 heteroatoms. The zero-order chi connectivity index (χ0) is 13.0. The summed E-state index contributed by atoms with van der Waals surface area (Å²) in [6.45, 7) is 3.05. The fraction of sp³-hybridized carbons (Fsp3) is 0.333. The van der Waals surface area contributed by atoms with E-state index in [0.29, 0.717) is 24.7 Å². The van der Waals surface area contributed by atoms with E-state index in [4.69, 9.17) is 10.5 Å². The van der Waals surface area contributed by atoms with Crippen molar-refractivity contribution in [1.29, 1.82) is 0 Å². The monoisotopic (exact) mass is 247 g/mol. The molecule has 0 fully saturated rings. The number of nitrogens with two attached hydrogens (primary N) is 1. The molecule has 2 aromatic rings. The summed E-state index contributed by atoms with van der Waals surface area (Å²) >= 11 is 0. The van der Waals surface area contributed by atoms with E-state index in [1.165, 1.54) is 0 Å². The molecule has 0 aliphatic carbocycles. The summed E-state index contributed by atoms with van der Waals surface area (Å²) < 4.78 is 7.10. The molecule has 0 radical (unpaired) electrons. The molecule has 6 nitrogen and oxygen atoms in total. The molecule has 0 aliphatic rings. The highest BCUT2D eigenvalue weighted by Gasteiger charge is 2.04. The van der Waals surface area contributed by atoms with E-state index < -0.39 is 0 Å². The van der Waals surface area contributed by atoms with Crippen LogP contribution in [0.5, 0.6) is 5.88 Å². The van der Waals surface area contributed by atoms with Crippen molar-refractivity contribution >= 4 is 11.5 Å². The summed E-state index contributed by atoms with van der Waals surface area (Å²) in [6, 6.07) is 5.55. The Balaban J connectivity index is 2.03. The lowest BCUT2D eigenvalue weighted by molar-refractivity contribution is 0.329. The third kappa shape index (κ3) is 2.91. The van der Waals surface area contributed by atoms with Crippen molar-refractivity contribution in [3.8, 4) is 5.88 Å². The average Bonchev–Trinajstić information content (AvgIpc) is 2.76. The van der Waals surface area contributed by atoms with Crippen molar-refractivity contribution in [2.24, 2.45) is 7.05 Å². The number of aromatic nitrogens is 3. The van der Waals surface area contributed by atoms with Gasteiger partial charge in [-0.3, -0.25) is 4.68 Å². The first kappa shape index (κ1) is 12.2. The van der Waals surface area contributed by atoms with Crippen LogP contribution in [0.15, 0.2) is 24.4 Å². The van der Waals surface area contributed by atoms with Gasteiger partial charge < -0.3 is 15.8 Å². The number of pyridine rings is 1. The Morgan fingerprint density at radius 2 is 2.22 bits per heavy atom. The second kappa shape index (κ2) is 5.39. The number of nitrogens with zero attached hydrogens (tertiary/aromatic N) is 3. The maximum Gasteiger partial charge on any atom is 0.239 e. The van der Waals surface area contributed by atoms with Crippen molar-refractivity contribution in [3.05, 3.63) is 30.1 Å². The topological polar surface area (TPSA) is 78.0 Å². The second-order valence-electron chi connectivity index (χ2n) is 3.86. The van der Waals surface area contributed by atoms with E-state index in [1.807, 2.05) is 32.3 Å². The number of nitrogens with one attached hydrogen (secondary N) is 1. The van der Waals surface area contributed by atoms with Crippen LogP contribution in [0.2, 0.25) is 0 Å². The van der Waals surface area contributed by atoms with E-state index in [0.717, 1.165) is 11.5 Å². The molecule has 0 atom stereocenters. The van der Waals surface area contributed by atoms with E-state index in [-0.39, 0.29) is 0 Å². The largest absolute Gasteiger partial charge is 0.476 e. The number of ether oxygens (including phenoxy) is 1. The van der Waals surface area contributed by atoms with Crippen molar-refractivity contribution in [1.82, 2.24) is 14.8 Å². The number of nitrogen functional groups attached to an aromatic ring is 1. The molecule has 0 saturated heterocycles. The minimum Gasteiger partial charge on any atom is -0.476 e. The summed E-state index contributed by atoms with van der Waals surface area (Å²) in [5, 5.41) is 7.45. The molecular weight excluding hydrogens is 230 g/mol. The number of rotatable bonds is 5. The number of anilines is 2. The predicted molar refractivity (Wildman–Crippen MR) is 70.4 cm³/mol. The van der Waals surface area contributed by atoms with Crippen LogP contribution in [-0.2, 0) is 13.6 Å². The van der Waals surface area contributed by atoms with E-state index in [9.17, 15) is 0 Å². The van der Waals surface area contributed by atoms with Gasteiger partial charge in [-0.25, -0.2) is 0 Å². The van der Waals surface area contributed by atoms with Crippen LogP contribution in [0.3, 0.4) is 0 Å². The molecule has 0 aromatic carbocycles. The van der Waals surface area contributed by atoms with Crippen molar-refractivity contribution in [2.45, 2.75) is 13.5 Å². The van der Waals surface area contributed by atoms with Gasteiger partial charge in [-0.2, -0.15) is 10.1 Å². The average molecular weight is 247 g/mol. The fourth-order valence-electron chi connectivity index (χ4n) is 1.54. The van der Waals surface area contributed by atoms with E-state index in [1.54, 1.807) is 10.7 Å². The lowest BCUT2D eigenvalue weighted by atomic mass is 10.4. The number of hydrogen-bond donors (Lipinski definition) is 2. The summed E-state index contributed by atoms with van der Waals surface area (Å²) in [5.74, 6) is 1.18. The Labute approximate surface area is 106 Å². The highest BCUT2D eigenvalue weighted by atomic mass is 16.5. The molecule has 0 spiro atoms. The van der Waals surface area contributed by atoms with Crippen molar-refractivity contribution in [2.75, 3.05) is 17.7 Å². The van der Waals surface area contributed by atoms with E-state index in [2.05, 4.69) is 15.4 Å². The minimum atomic E-state index is 0.462. The van der Waals surface area contributed by atoms with Crippen LogP contribution in [0.4, 0.5) is 11.5 Å². The normalized spacial score (nSPS) is 10.3. The van der Waals surface area contributed by atoms with E-state index >= 15 is 0 Å². The Morgan fingerprint density at radius 3 is 2.89 bits per heavy atom. The Bertz CT molecular complexity index is 523. The lowest BCUT2D eigenvalue weighted by Gasteiger charge is -2.08. The Kier molecular flexibility index (Phi) is 3.66. The van der Waals surface area contributed by atoms with Crippen LogP contribution < -0.4 is 15.8 Å². The first-order valence-electron chi connectivity index (χ1n) is 5.80. The summed E-state index contributed by atoms with van der Waals surface area (Å²) in [5.41, 5.74) is 7.25. The summed E-state index contributed by atoms with van der Waals surface area (Å²) in [7, 11) is 1.89. The van der Waals surface area contributed by atoms with Crippen LogP contribution >= 0.6 is 0 Å². The second-order valence-corrected chi connectivity index (χ2v) is 3.86. The van der Waals surface area contributed by atoms with Crippen molar-refractivity contribution < 1.29 is 4.74 Å². The van der Waals surface area contributed by atoms with Gasteiger partial charge in [-0.05, 0) is 25.1 Å². The Hall–Kier alpha value is -2.24. The molecule has 0 unspecified atom stereocenters. The van der Waals surface area contributed by atoms with Gasteiger partial charge in [0.05, 0.1) is 24.5 Å². The van der Waals surface area contributed by atoms with Crippen LogP contribution in [-0.4, -0.2) is 21.4 Å². The summed E-state index contributed by atoms with van der Waals surface area (Å²) in [4.78, 5) is 4.29. The third-order valence-electron chi connectivity index (χ3n) is 2.39.